The average molecular weight is 1100 g/mol. The van der Waals surface area contributed by atoms with E-state index in [0.29, 0.717) is 41.6 Å². The molecule has 0 unspecified atom stereocenters. The highest BCUT2D eigenvalue weighted by molar-refractivity contribution is 7.00. The largest absolute Gasteiger partial charge is 0.496 e. The van der Waals surface area contributed by atoms with Gasteiger partial charge in [-0.05, 0) is 171 Å². The first-order chi connectivity index (χ1) is 38.2. The summed E-state index contributed by atoms with van der Waals surface area (Å²) in [4.78, 5) is 0. The minimum atomic E-state index is -2.68. The fourth-order valence-corrected chi connectivity index (χ4v) is 25.1. The zero-order valence-electron chi connectivity index (χ0n) is 49.2. The number of unbranched alkanes of at least 4 members (excludes halogenated alkanes) is 1. The summed E-state index contributed by atoms with van der Waals surface area (Å²) in [6, 6.07) is 57.6. The summed E-state index contributed by atoms with van der Waals surface area (Å²) < 4.78 is 32.9. The van der Waals surface area contributed by atoms with E-state index in [9.17, 15) is 5.11 Å². The van der Waals surface area contributed by atoms with Gasteiger partial charge in [-0.1, -0.05) is 207 Å². The highest BCUT2D eigenvalue weighted by atomic mass is 28.4. The van der Waals surface area contributed by atoms with E-state index >= 15 is 0 Å². The van der Waals surface area contributed by atoms with Crippen molar-refractivity contribution in [1.29, 1.82) is 0 Å². The molecule has 1 N–H and O–H groups in total. The first-order valence-corrected chi connectivity index (χ1v) is 34.2. The van der Waals surface area contributed by atoms with Crippen LogP contribution in [0.5, 0.6) is 11.5 Å². The van der Waals surface area contributed by atoms with Gasteiger partial charge in [-0.15, -0.1) is 0 Å². The fraction of sp³-hybridized carbons (Fsp3) is 0.493. The van der Waals surface area contributed by atoms with Crippen LogP contribution in [0, 0.1) is 35.5 Å². The van der Waals surface area contributed by atoms with Crippen LogP contribution >= 0.6 is 0 Å². The number of fused-ring (bicyclic) bond motifs is 4. The molecule has 6 nitrogen and oxygen atoms in total. The Morgan fingerprint density at radius 1 is 0.506 bits per heavy atom. The third kappa shape index (κ3) is 12.0. The third-order valence-corrected chi connectivity index (χ3v) is 29.6. The van der Waals surface area contributed by atoms with Crippen LogP contribution in [0.25, 0.3) is 0 Å². The summed E-state index contributed by atoms with van der Waals surface area (Å²) in [5.41, 5.74) is 5.73. The molecule has 11 rings (SSSR count). The van der Waals surface area contributed by atoms with E-state index in [2.05, 4.69) is 206 Å². The zero-order valence-corrected chi connectivity index (χ0v) is 51.2. The number of methoxy groups -OCH3 is 2. The number of benzene rings is 6. The average Bonchev–Trinajstić information content (AvgIpc) is 4.22. The summed E-state index contributed by atoms with van der Waals surface area (Å²) >= 11 is 0. The predicted octanol–water partition coefficient (Wildman–Crippen LogP) is 13.5. The molecule has 0 bridgehead atoms. The second-order valence-electron chi connectivity index (χ2n) is 26.2. The van der Waals surface area contributed by atoms with E-state index in [1.165, 1.54) is 49.4 Å². The molecule has 2 saturated carbocycles. The van der Waals surface area contributed by atoms with E-state index in [-0.39, 0.29) is 28.4 Å². The number of rotatable bonds is 19. The Labute approximate surface area is 477 Å². The summed E-state index contributed by atoms with van der Waals surface area (Å²) in [7, 11) is -1.69. The van der Waals surface area contributed by atoms with E-state index in [1.807, 2.05) is 7.11 Å². The molecule has 0 amide bonds. The topological polar surface area (TPSA) is 69.7 Å². The monoisotopic (exact) mass is 1100 g/mol. The first-order valence-electron chi connectivity index (χ1n) is 30.4. The highest BCUT2D eigenvalue weighted by Crippen LogP contribution is 2.54. The van der Waals surface area contributed by atoms with E-state index in [4.69, 9.17) is 23.1 Å². The number of hydrogen-bond donors (Lipinski definition) is 1. The SMILES string of the molecule is CCCC[C@H](O)CC[C@@H]1[C@H]2Cc3cccc(OC)c3C[C@H]2C[C@H]1O[Si](c1ccccc1)(c1ccccc1)C(C)(C)C.COc1cccc2c1C[C@H]1C[C@@H](O[Si](c3ccccc3)(c3ccccc3)C(C)(C)C)[C@H](CC[C@@H]3CO3)[C@H]1C2. The number of ether oxygens (including phenoxy) is 3. The van der Waals surface area contributed by atoms with Crippen LogP contribution in [-0.2, 0) is 39.3 Å². The Kier molecular flexibility index (Phi) is 18.0. The van der Waals surface area contributed by atoms with Crippen LogP contribution in [0.1, 0.15) is 129 Å². The molecule has 1 heterocycles. The lowest BCUT2D eigenvalue weighted by molar-refractivity contribution is 0.0951. The van der Waals surface area contributed by atoms with Crippen LogP contribution in [0.15, 0.2) is 158 Å². The molecular formula is C71H92O6Si2. The van der Waals surface area contributed by atoms with Crippen LogP contribution in [0.2, 0.25) is 10.1 Å². The molecule has 1 aliphatic heterocycles. The van der Waals surface area contributed by atoms with Gasteiger partial charge in [-0.2, -0.15) is 0 Å². The molecular weight excluding hydrogens is 1000 g/mol. The Morgan fingerprint density at radius 2 is 0.899 bits per heavy atom. The van der Waals surface area contributed by atoms with Crippen molar-refractivity contribution < 1.29 is 28.2 Å². The molecule has 1 saturated heterocycles. The van der Waals surface area contributed by atoms with Crippen molar-refractivity contribution in [3.63, 3.8) is 0 Å². The maximum absolute atomic E-state index is 10.9. The Morgan fingerprint density at radius 3 is 1.25 bits per heavy atom. The number of aliphatic hydroxyl groups is 1. The smallest absolute Gasteiger partial charge is 0.261 e. The van der Waals surface area contributed by atoms with E-state index < -0.39 is 16.6 Å². The summed E-state index contributed by atoms with van der Waals surface area (Å²) in [5.74, 6) is 5.48. The maximum atomic E-state index is 10.9. The van der Waals surface area contributed by atoms with Gasteiger partial charge in [0.2, 0.25) is 0 Å². The lowest BCUT2D eigenvalue weighted by Gasteiger charge is -2.46. The quantitative estimate of drug-likeness (QED) is 0.0644. The van der Waals surface area contributed by atoms with Crippen LogP contribution in [-0.4, -0.2) is 67.0 Å². The second-order valence-corrected chi connectivity index (χ2v) is 34.7. The molecule has 420 valence electrons. The zero-order chi connectivity index (χ0) is 55.4. The summed E-state index contributed by atoms with van der Waals surface area (Å²) in [6.45, 7) is 17.5. The van der Waals surface area contributed by atoms with Crippen molar-refractivity contribution in [2.75, 3.05) is 20.8 Å². The summed E-state index contributed by atoms with van der Waals surface area (Å²) in [5, 5.41) is 16.3. The van der Waals surface area contributed by atoms with Gasteiger partial charge in [0.05, 0.1) is 33.0 Å². The van der Waals surface area contributed by atoms with Gasteiger partial charge in [0.1, 0.15) is 11.5 Å². The molecule has 6 aromatic carbocycles. The Balaban J connectivity index is 0.000000179. The fourth-order valence-electron chi connectivity index (χ4n) is 15.6. The second kappa shape index (κ2) is 24.7. The van der Waals surface area contributed by atoms with Crippen molar-refractivity contribution in [3.8, 4) is 11.5 Å². The van der Waals surface area contributed by atoms with Gasteiger partial charge in [-0.3, -0.25) is 0 Å². The molecule has 0 spiro atoms. The highest BCUT2D eigenvalue weighted by Gasteiger charge is 2.57. The van der Waals surface area contributed by atoms with Crippen molar-refractivity contribution in [2.45, 2.75) is 166 Å². The maximum Gasteiger partial charge on any atom is 0.261 e. The molecule has 8 heteroatoms. The van der Waals surface area contributed by atoms with Crippen LogP contribution in [0.4, 0.5) is 0 Å². The number of epoxide rings is 1. The lowest BCUT2D eigenvalue weighted by Crippen LogP contribution is -2.68. The predicted molar refractivity (Wildman–Crippen MR) is 330 cm³/mol. The van der Waals surface area contributed by atoms with Crippen molar-refractivity contribution in [1.82, 2.24) is 0 Å². The van der Waals surface area contributed by atoms with Gasteiger partial charge in [0.25, 0.3) is 16.6 Å². The minimum absolute atomic E-state index is 0.0141. The molecule has 5 aliphatic rings. The van der Waals surface area contributed by atoms with E-state index in [0.717, 1.165) is 95.2 Å². The molecule has 6 aromatic rings. The van der Waals surface area contributed by atoms with E-state index in [1.54, 1.807) is 7.11 Å². The number of aliphatic hydroxyl groups excluding tert-OH is 1. The Hall–Kier alpha value is -4.81. The normalized spacial score (nSPS) is 24.7. The number of hydrogen-bond acceptors (Lipinski definition) is 6. The van der Waals surface area contributed by atoms with Gasteiger partial charge in [0, 0.05) is 12.2 Å². The molecule has 0 aromatic heterocycles. The van der Waals surface area contributed by atoms with Crippen LogP contribution in [0.3, 0.4) is 0 Å². The Bertz CT molecular complexity index is 2800. The van der Waals surface area contributed by atoms with Gasteiger partial charge in [-0.25, -0.2) is 0 Å². The minimum Gasteiger partial charge on any atom is -0.496 e. The third-order valence-electron chi connectivity index (χ3n) is 19.5. The van der Waals surface area contributed by atoms with Gasteiger partial charge in [0.15, 0.2) is 0 Å². The van der Waals surface area contributed by atoms with Crippen molar-refractivity contribution in [3.05, 3.63) is 180 Å². The molecule has 4 aliphatic carbocycles. The molecule has 0 radical (unpaired) electrons. The van der Waals surface area contributed by atoms with Crippen LogP contribution < -0.4 is 30.2 Å². The molecule has 10 atom stereocenters. The van der Waals surface area contributed by atoms with Crippen molar-refractivity contribution >= 4 is 37.4 Å². The van der Waals surface area contributed by atoms with Gasteiger partial charge >= 0.3 is 0 Å². The molecule has 79 heavy (non-hydrogen) atoms. The standard InChI is InChI=1S/C37H50O3Si.C34H42O3Si/c1-6-7-16-29(38)22-23-32-33-24-27-15-14-21-35(39-5)34(27)25-28(33)26-36(32)40-41(37(2,3)4,30-17-10-8-11-18-30)31-19-12-9-13-20-31;1-34(2,3)38(27-13-7-5-8-14-27,28-15-9-6-10-16-28)37-33-22-25-21-31-24(12-11-17-32(31)35-4)20-30(25)29(33)19-18-26-23-36-26/h8-15,17-21,28-29,32-33,36,38H,6-7,16,22-26H2,1-5H3;5-17,25-26,29-30,33H,18-23H2,1-4H3/t28-,29-,32+,33-,36+;25-,26+,29+,30-,33+/m00/s1. The summed E-state index contributed by atoms with van der Waals surface area (Å²) in [6.07, 6.45) is 14.5. The van der Waals surface area contributed by atoms with Gasteiger partial charge < -0.3 is 28.2 Å². The lowest BCUT2D eigenvalue weighted by atomic mass is 9.73. The first kappa shape index (κ1) is 57.4. The molecule has 3 fully saturated rings. The van der Waals surface area contributed by atoms with Crippen molar-refractivity contribution in [2.24, 2.45) is 35.5 Å².